The third-order valence-corrected chi connectivity index (χ3v) is 5.73. The third-order valence-electron chi connectivity index (χ3n) is 4.61. The number of nitrogens with zero attached hydrogens (tertiary/aromatic N) is 1. The van der Waals surface area contributed by atoms with Crippen molar-refractivity contribution >= 4 is 38.8 Å². The van der Waals surface area contributed by atoms with Gasteiger partial charge in [-0.2, -0.15) is 0 Å². The summed E-state index contributed by atoms with van der Waals surface area (Å²) in [5.41, 5.74) is 9.68. The van der Waals surface area contributed by atoms with Crippen molar-refractivity contribution < 1.29 is 14.3 Å². The van der Waals surface area contributed by atoms with Crippen LogP contribution in [-0.4, -0.2) is 25.1 Å². The van der Waals surface area contributed by atoms with Gasteiger partial charge in [0.25, 0.3) is 5.91 Å². The molecular weight excluding hydrogens is 350 g/mol. The van der Waals surface area contributed by atoms with Crippen molar-refractivity contribution in [3.63, 3.8) is 0 Å². The molecule has 0 bridgehead atoms. The first kappa shape index (κ1) is 16.7. The van der Waals surface area contributed by atoms with E-state index in [9.17, 15) is 4.79 Å². The molecule has 0 saturated heterocycles. The first-order valence-corrected chi connectivity index (χ1v) is 9.16. The Labute approximate surface area is 154 Å². The Morgan fingerprint density at radius 3 is 2.85 bits per heavy atom. The second kappa shape index (κ2) is 6.49. The van der Waals surface area contributed by atoms with Gasteiger partial charge in [0.1, 0.15) is 21.2 Å². The van der Waals surface area contributed by atoms with E-state index in [2.05, 4.69) is 11.4 Å². The number of nitrogens with one attached hydrogen (secondary N) is 1. The van der Waals surface area contributed by atoms with Crippen molar-refractivity contribution in [2.45, 2.75) is 19.3 Å². The van der Waals surface area contributed by atoms with Crippen LogP contribution in [0.5, 0.6) is 11.5 Å². The lowest BCUT2D eigenvalue weighted by Gasteiger charge is -2.11. The van der Waals surface area contributed by atoms with E-state index in [0.29, 0.717) is 27.8 Å². The van der Waals surface area contributed by atoms with E-state index in [0.717, 1.165) is 35.2 Å². The first-order chi connectivity index (χ1) is 12.6. The van der Waals surface area contributed by atoms with Gasteiger partial charge in [0.2, 0.25) is 0 Å². The molecule has 4 rings (SSSR count). The maximum Gasteiger partial charge on any atom is 0.268 e. The molecule has 6 nitrogen and oxygen atoms in total. The highest BCUT2D eigenvalue weighted by Gasteiger charge is 2.21. The molecule has 26 heavy (non-hydrogen) atoms. The summed E-state index contributed by atoms with van der Waals surface area (Å²) in [7, 11) is 3.12. The van der Waals surface area contributed by atoms with E-state index in [-0.39, 0.29) is 5.91 Å². The highest BCUT2D eigenvalue weighted by Crippen LogP contribution is 2.37. The number of carbonyl (C=O) groups is 1. The first-order valence-electron chi connectivity index (χ1n) is 8.35. The van der Waals surface area contributed by atoms with Crippen LogP contribution < -0.4 is 20.5 Å². The molecule has 0 radical (unpaired) electrons. The zero-order valence-electron chi connectivity index (χ0n) is 14.6. The van der Waals surface area contributed by atoms with E-state index in [1.165, 1.54) is 16.9 Å². The van der Waals surface area contributed by atoms with Gasteiger partial charge in [-0.3, -0.25) is 4.79 Å². The number of ether oxygens (including phenoxy) is 2. The van der Waals surface area contributed by atoms with Gasteiger partial charge in [-0.05, 0) is 43.0 Å². The number of rotatable bonds is 4. The molecule has 0 saturated carbocycles. The number of methoxy groups -OCH3 is 2. The van der Waals surface area contributed by atoms with Gasteiger partial charge in [-0.25, -0.2) is 4.98 Å². The highest BCUT2D eigenvalue weighted by atomic mass is 32.1. The molecule has 134 valence electrons. The standard InChI is InChI=1S/C19H19N3O3S/c1-24-11-6-7-14(15(9-11)25-2)21-18(23)17-16(20)12-8-10-4-3-5-13(10)22-19(12)26-17/h6-9H,3-5,20H2,1-2H3,(H,21,23). The molecular formula is C19H19N3O3S. The molecule has 1 aromatic carbocycles. The highest BCUT2D eigenvalue weighted by molar-refractivity contribution is 7.21. The van der Waals surface area contributed by atoms with E-state index in [1.807, 2.05) is 0 Å². The van der Waals surface area contributed by atoms with Gasteiger partial charge in [0.05, 0.1) is 25.6 Å². The van der Waals surface area contributed by atoms with E-state index < -0.39 is 0 Å². The molecule has 2 aromatic heterocycles. The maximum atomic E-state index is 12.8. The van der Waals surface area contributed by atoms with Gasteiger partial charge >= 0.3 is 0 Å². The number of amides is 1. The number of hydrogen-bond acceptors (Lipinski definition) is 6. The molecule has 0 unspecified atom stereocenters. The average Bonchev–Trinajstić information content (AvgIpc) is 3.24. The minimum Gasteiger partial charge on any atom is -0.497 e. The third kappa shape index (κ3) is 2.74. The van der Waals surface area contributed by atoms with Crippen molar-refractivity contribution in [2.75, 3.05) is 25.3 Å². The predicted molar refractivity (Wildman–Crippen MR) is 104 cm³/mol. The Bertz CT molecular complexity index is 1010. The maximum absolute atomic E-state index is 12.8. The fourth-order valence-corrected chi connectivity index (χ4v) is 4.24. The van der Waals surface area contributed by atoms with Crippen molar-refractivity contribution in [1.29, 1.82) is 0 Å². The smallest absolute Gasteiger partial charge is 0.268 e. The molecule has 0 spiro atoms. The molecule has 1 amide bonds. The SMILES string of the molecule is COc1ccc(NC(=O)c2sc3nc4c(cc3c2N)CCC4)c(OC)c1. The summed E-state index contributed by atoms with van der Waals surface area (Å²) in [6, 6.07) is 7.31. The second-order valence-corrected chi connectivity index (χ2v) is 7.16. The van der Waals surface area contributed by atoms with Gasteiger partial charge < -0.3 is 20.5 Å². The molecule has 1 aliphatic carbocycles. The largest absolute Gasteiger partial charge is 0.497 e. The Balaban J connectivity index is 1.68. The van der Waals surface area contributed by atoms with Crippen LogP contribution >= 0.6 is 11.3 Å². The Hall–Kier alpha value is -2.80. The number of fused-ring (bicyclic) bond motifs is 2. The molecule has 7 heteroatoms. The van der Waals surface area contributed by atoms with Gasteiger partial charge in [-0.15, -0.1) is 11.3 Å². The van der Waals surface area contributed by atoms with Crippen LogP contribution in [0.3, 0.4) is 0 Å². The number of benzene rings is 1. The van der Waals surface area contributed by atoms with Gasteiger partial charge in [-0.1, -0.05) is 0 Å². The van der Waals surface area contributed by atoms with E-state index >= 15 is 0 Å². The quantitative estimate of drug-likeness (QED) is 0.733. The van der Waals surface area contributed by atoms with Crippen LogP contribution in [0.4, 0.5) is 11.4 Å². The van der Waals surface area contributed by atoms with E-state index in [1.54, 1.807) is 32.4 Å². The molecule has 0 atom stereocenters. The molecule has 0 fully saturated rings. The monoisotopic (exact) mass is 369 g/mol. The zero-order chi connectivity index (χ0) is 18.3. The number of pyridine rings is 1. The van der Waals surface area contributed by atoms with Crippen LogP contribution in [0.1, 0.15) is 27.3 Å². The van der Waals surface area contributed by atoms with Crippen LogP contribution in [0.2, 0.25) is 0 Å². The predicted octanol–water partition coefficient (Wildman–Crippen LogP) is 3.64. The van der Waals surface area contributed by atoms with Crippen LogP contribution in [-0.2, 0) is 12.8 Å². The van der Waals surface area contributed by atoms with Crippen LogP contribution in [0.25, 0.3) is 10.2 Å². The summed E-state index contributed by atoms with van der Waals surface area (Å²) in [6.45, 7) is 0. The fraction of sp³-hybridized carbons (Fsp3) is 0.263. The van der Waals surface area contributed by atoms with Crippen molar-refractivity contribution in [3.8, 4) is 11.5 Å². The molecule has 1 aliphatic rings. The topological polar surface area (TPSA) is 86.5 Å². The van der Waals surface area contributed by atoms with Crippen LogP contribution in [0.15, 0.2) is 24.3 Å². The number of carbonyl (C=O) groups excluding carboxylic acids is 1. The molecule has 3 N–H and O–H groups in total. The summed E-state index contributed by atoms with van der Waals surface area (Å²) < 4.78 is 10.5. The lowest BCUT2D eigenvalue weighted by atomic mass is 10.1. The number of aryl methyl sites for hydroxylation is 2. The van der Waals surface area contributed by atoms with Crippen molar-refractivity contribution in [2.24, 2.45) is 0 Å². The number of thiophene rings is 1. The zero-order valence-corrected chi connectivity index (χ0v) is 15.4. The van der Waals surface area contributed by atoms with E-state index in [4.69, 9.17) is 20.2 Å². The lowest BCUT2D eigenvalue weighted by molar-refractivity contribution is 0.103. The summed E-state index contributed by atoms with van der Waals surface area (Å²) >= 11 is 1.32. The minimum atomic E-state index is -0.269. The second-order valence-electron chi connectivity index (χ2n) is 6.17. The average molecular weight is 369 g/mol. The van der Waals surface area contributed by atoms with Crippen molar-refractivity contribution in [3.05, 3.63) is 40.4 Å². The fourth-order valence-electron chi connectivity index (χ4n) is 3.25. The number of nitrogens with two attached hydrogens (primary N) is 1. The molecule has 0 aliphatic heterocycles. The minimum absolute atomic E-state index is 0.269. The lowest BCUT2D eigenvalue weighted by Crippen LogP contribution is -2.12. The summed E-state index contributed by atoms with van der Waals surface area (Å²) in [5, 5.41) is 3.73. The molecule has 3 aromatic rings. The Kier molecular flexibility index (Phi) is 4.16. The summed E-state index contributed by atoms with van der Waals surface area (Å²) in [5.74, 6) is 0.906. The Morgan fingerprint density at radius 2 is 2.08 bits per heavy atom. The Morgan fingerprint density at radius 1 is 1.23 bits per heavy atom. The number of aromatic nitrogens is 1. The van der Waals surface area contributed by atoms with Gasteiger partial charge in [0, 0.05) is 17.1 Å². The number of hydrogen-bond donors (Lipinski definition) is 2. The summed E-state index contributed by atoms with van der Waals surface area (Å²) in [4.78, 5) is 18.8. The molecule has 2 heterocycles. The normalized spacial score (nSPS) is 12.8. The number of anilines is 2. The van der Waals surface area contributed by atoms with Gasteiger partial charge in [0.15, 0.2) is 0 Å². The summed E-state index contributed by atoms with van der Waals surface area (Å²) in [6.07, 6.45) is 3.15. The number of nitrogen functional groups attached to an aromatic ring is 1. The van der Waals surface area contributed by atoms with Crippen LogP contribution in [0, 0.1) is 0 Å². The van der Waals surface area contributed by atoms with Crippen molar-refractivity contribution in [1.82, 2.24) is 4.98 Å².